The van der Waals surface area contributed by atoms with Crippen molar-refractivity contribution in [2.75, 3.05) is 19.7 Å². The fourth-order valence-corrected chi connectivity index (χ4v) is 2.64. The first-order valence-corrected chi connectivity index (χ1v) is 7.23. The van der Waals surface area contributed by atoms with E-state index in [1.54, 1.807) is 12.1 Å². The van der Waals surface area contributed by atoms with Gasteiger partial charge in [-0.25, -0.2) is 4.39 Å². The lowest BCUT2D eigenvalue weighted by atomic mass is 9.95. The Kier molecular flexibility index (Phi) is 5.20. The molecule has 2 unspecified atom stereocenters. The molecule has 1 aromatic carbocycles. The number of rotatable bonds is 5. The summed E-state index contributed by atoms with van der Waals surface area (Å²) in [6, 6.07) is 4.82. The lowest BCUT2D eigenvalue weighted by Gasteiger charge is -2.20. The molecule has 0 radical (unpaired) electrons. The van der Waals surface area contributed by atoms with Gasteiger partial charge in [0.1, 0.15) is 5.82 Å². The SMILES string of the molecule is CC(C)CNCC1CCOC1c1ccc(Cl)cc1F. The van der Waals surface area contributed by atoms with Gasteiger partial charge in [0.25, 0.3) is 0 Å². The summed E-state index contributed by atoms with van der Waals surface area (Å²) >= 11 is 5.79. The first-order valence-electron chi connectivity index (χ1n) is 6.85. The summed E-state index contributed by atoms with van der Waals surface area (Å²) in [4.78, 5) is 0. The highest BCUT2D eigenvalue weighted by atomic mass is 35.5. The van der Waals surface area contributed by atoms with Gasteiger partial charge in [-0.2, -0.15) is 0 Å². The van der Waals surface area contributed by atoms with Gasteiger partial charge < -0.3 is 10.1 Å². The number of nitrogens with one attached hydrogen (secondary N) is 1. The van der Waals surface area contributed by atoms with Crippen LogP contribution in [0.2, 0.25) is 5.02 Å². The topological polar surface area (TPSA) is 21.3 Å². The zero-order valence-electron chi connectivity index (χ0n) is 11.5. The van der Waals surface area contributed by atoms with Crippen LogP contribution < -0.4 is 5.32 Å². The normalized spacial score (nSPS) is 23.2. The van der Waals surface area contributed by atoms with Crippen LogP contribution in [0.25, 0.3) is 0 Å². The minimum absolute atomic E-state index is 0.156. The number of benzene rings is 1. The largest absolute Gasteiger partial charge is 0.373 e. The number of halogens is 2. The van der Waals surface area contributed by atoms with Gasteiger partial charge >= 0.3 is 0 Å². The van der Waals surface area contributed by atoms with Crippen molar-refractivity contribution in [2.24, 2.45) is 11.8 Å². The average Bonchev–Trinajstić information content (AvgIpc) is 2.77. The zero-order chi connectivity index (χ0) is 13.8. The van der Waals surface area contributed by atoms with Crippen molar-refractivity contribution in [1.82, 2.24) is 5.32 Å². The molecule has 0 aromatic heterocycles. The molecule has 1 aromatic rings. The number of hydrogen-bond donors (Lipinski definition) is 1. The Balaban J connectivity index is 2.01. The van der Waals surface area contributed by atoms with E-state index in [0.29, 0.717) is 29.0 Å². The fraction of sp³-hybridized carbons (Fsp3) is 0.600. The minimum Gasteiger partial charge on any atom is -0.373 e. The molecule has 19 heavy (non-hydrogen) atoms. The van der Waals surface area contributed by atoms with E-state index in [1.807, 2.05) is 0 Å². The standard InChI is InChI=1S/C15H21ClFNO/c1-10(2)8-18-9-11-5-6-19-15(11)13-4-3-12(16)7-14(13)17/h3-4,7,10-11,15,18H,5-6,8-9H2,1-2H3. The minimum atomic E-state index is -0.270. The molecule has 2 rings (SSSR count). The van der Waals surface area contributed by atoms with Crippen LogP contribution in [-0.2, 0) is 4.74 Å². The molecule has 1 aliphatic heterocycles. The molecule has 0 bridgehead atoms. The number of hydrogen-bond acceptors (Lipinski definition) is 2. The Bertz CT molecular complexity index is 425. The second kappa shape index (κ2) is 6.69. The van der Waals surface area contributed by atoms with Crippen LogP contribution in [-0.4, -0.2) is 19.7 Å². The van der Waals surface area contributed by atoms with E-state index >= 15 is 0 Å². The molecular formula is C15H21ClFNO. The summed E-state index contributed by atoms with van der Waals surface area (Å²) in [6.45, 7) is 6.89. The average molecular weight is 286 g/mol. The van der Waals surface area contributed by atoms with Gasteiger partial charge in [0.2, 0.25) is 0 Å². The molecule has 0 saturated carbocycles. The Labute approximate surface area is 119 Å². The Hall–Kier alpha value is -0.640. The van der Waals surface area contributed by atoms with Crippen molar-refractivity contribution in [3.8, 4) is 0 Å². The Morgan fingerprint density at radius 2 is 2.26 bits per heavy atom. The third-order valence-corrected chi connectivity index (χ3v) is 3.68. The molecule has 1 N–H and O–H groups in total. The molecule has 0 amide bonds. The summed E-state index contributed by atoms with van der Waals surface area (Å²) < 4.78 is 19.6. The second-order valence-corrected chi connectivity index (χ2v) is 5.99. The zero-order valence-corrected chi connectivity index (χ0v) is 12.2. The number of ether oxygens (including phenoxy) is 1. The lowest BCUT2D eigenvalue weighted by molar-refractivity contribution is 0.0873. The maximum atomic E-state index is 13.9. The summed E-state index contributed by atoms with van der Waals surface area (Å²) in [6.07, 6.45) is 0.814. The van der Waals surface area contributed by atoms with Gasteiger partial charge in [-0.05, 0) is 31.0 Å². The highest BCUT2D eigenvalue weighted by Gasteiger charge is 2.31. The second-order valence-electron chi connectivity index (χ2n) is 5.56. The van der Waals surface area contributed by atoms with Crippen molar-refractivity contribution in [2.45, 2.75) is 26.4 Å². The van der Waals surface area contributed by atoms with Crippen LogP contribution in [0.4, 0.5) is 4.39 Å². The van der Waals surface area contributed by atoms with E-state index < -0.39 is 0 Å². The first-order chi connectivity index (χ1) is 9.08. The molecule has 0 aliphatic carbocycles. The maximum Gasteiger partial charge on any atom is 0.130 e. The summed E-state index contributed by atoms with van der Waals surface area (Å²) in [5.74, 6) is 0.677. The van der Waals surface area contributed by atoms with Gasteiger partial charge in [0.15, 0.2) is 0 Å². The van der Waals surface area contributed by atoms with Crippen molar-refractivity contribution in [3.05, 3.63) is 34.6 Å². The van der Waals surface area contributed by atoms with E-state index in [-0.39, 0.29) is 11.9 Å². The van der Waals surface area contributed by atoms with Crippen LogP contribution >= 0.6 is 11.6 Å². The Morgan fingerprint density at radius 3 is 2.95 bits per heavy atom. The van der Waals surface area contributed by atoms with E-state index in [9.17, 15) is 4.39 Å². The monoisotopic (exact) mass is 285 g/mol. The van der Waals surface area contributed by atoms with Crippen molar-refractivity contribution in [3.63, 3.8) is 0 Å². The summed E-state index contributed by atoms with van der Waals surface area (Å²) in [5, 5.41) is 3.85. The van der Waals surface area contributed by atoms with Gasteiger partial charge in [0, 0.05) is 29.7 Å². The summed E-state index contributed by atoms with van der Waals surface area (Å²) in [5.41, 5.74) is 0.623. The van der Waals surface area contributed by atoms with Crippen molar-refractivity contribution < 1.29 is 9.13 Å². The first kappa shape index (κ1) is 14.8. The van der Waals surface area contributed by atoms with E-state index in [2.05, 4.69) is 19.2 Å². The predicted molar refractivity (Wildman–Crippen MR) is 75.9 cm³/mol. The van der Waals surface area contributed by atoms with Gasteiger partial charge in [0.05, 0.1) is 6.10 Å². The molecule has 106 valence electrons. The molecule has 1 fully saturated rings. The lowest BCUT2D eigenvalue weighted by Crippen LogP contribution is -2.28. The molecule has 2 atom stereocenters. The van der Waals surface area contributed by atoms with Gasteiger partial charge in [-0.3, -0.25) is 0 Å². The smallest absolute Gasteiger partial charge is 0.130 e. The van der Waals surface area contributed by atoms with Gasteiger partial charge in [-0.15, -0.1) is 0 Å². The third-order valence-electron chi connectivity index (χ3n) is 3.44. The molecule has 1 heterocycles. The van der Waals surface area contributed by atoms with Crippen LogP contribution in [0, 0.1) is 17.7 Å². The molecule has 0 spiro atoms. The van der Waals surface area contributed by atoms with Crippen LogP contribution in [0.15, 0.2) is 18.2 Å². The van der Waals surface area contributed by atoms with E-state index in [0.717, 1.165) is 19.5 Å². The van der Waals surface area contributed by atoms with Gasteiger partial charge in [-0.1, -0.05) is 31.5 Å². The predicted octanol–water partition coefficient (Wildman–Crippen LogP) is 3.80. The Morgan fingerprint density at radius 1 is 1.47 bits per heavy atom. The molecule has 2 nitrogen and oxygen atoms in total. The highest BCUT2D eigenvalue weighted by molar-refractivity contribution is 6.30. The van der Waals surface area contributed by atoms with Crippen LogP contribution in [0.5, 0.6) is 0 Å². The van der Waals surface area contributed by atoms with Crippen LogP contribution in [0.3, 0.4) is 0 Å². The third kappa shape index (κ3) is 3.91. The maximum absolute atomic E-state index is 13.9. The van der Waals surface area contributed by atoms with Crippen LogP contribution in [0.1, 0.15) is 31.9 Å². The quantitative estimate of drug-likeness (QED) is 0.888. The van der Waals surface area contributed by atoms with Crippen molar-refractivity contribution >= 4 is 11.6 Å². The molecular weight excluding hydrogens is 265 g/mol. The molecule has 4 heteroatoms. The molecule has 1 aliphatic rings. The summed E-state index contributed by atoms with van der Waals surface area (Å²) in [7, 11) is 0. The van der Waals surface area contributed by atoms with E-state index in [1.165, 1.54) is 6.07 Å². The molecule has 1 saturated heterocycles. The fourth-order valence-electron chi connectivity index (χ4n) is 2.48. The van der Waals surface area contributed by atoms with E-state index in [4.69, 9.17) is 16.3 Å². The van der Waals surface area contributed by atoms with Crippen molar-refractivity contribution in [1.29, 1.82) is 0 Å². The highest BCUT2D eigenvalue weighted by Crippen LogP contribution is 2.36.